The number of nitrogens with zero attached hydrogens (tertiary/aromatic N) is 5. The van der Waals surface area contributed by atoms with Gasteiger partial charge in [0.15, 0.2) is 5.78 Å². The highest BCUT2D eigenvalue weighted by molar-refractivity contribution is 6.15. The highest BCUT2D eigenvalue weighted by Crippen LogP contribution is 2.31. The number of amides is 1. The number of benzene rings is 2. The number of carbonyl (C=O) groups is 2. The van der Waals surface area contributed by atoms with Gasteiger partial charge < -0.3 is 14.4 Å². The van der Waals surface area contributed by atoms with Crippen molar-refractivity contribution >= 4 is 33.9 Å². The van der Waals surface area contributed by atoms with E-state index in [0.29, 0.717) is 38.5 Å². The van der Waals surface area contributed by atoms with Crippen LogP contribution in [0, 0.1) is 0 Å². The molecule has 2 aromatic heterocycles. The van der Waals surface area contributed by atoms with Crippen molar-refractivity contribution in [3.8, 4) is 17.1 Å². The lowest BCUT2D eigenvalue weighted by molar-refractivity contribution is -0.140. The number of ketones is 1. The molecule has 1 fully saturated rings. The standard InChI is InChI=1S/C39H42N6O4/c1-25(2)49-35-12-10-31(22-40-35)38-32-19-27(5-11-33(32)42-43-38)20-34(46)39(48-4)15-18-44(24-39)23-36(47)45-16-13-29(14-17-45)28-6-8-30(9-7-28)37-26(3)21-41-37/h5-13,19,21-22,25H,14-18,20,23-24H2,1-4H3,(H,42,43). The molecule has 10 nitrogen and oxygen atoms in total. The fraction of sp³-hybridized carbons (Fsp3) is 0.359. The lowest BCUT2D eigenvalue weighted by atomic mass is 9.91. The van der Waals surface area contributed by atoms with E-state index in [-0.39, 0.29) is 30.8 Å². The average Bonchev–Trinajstić information content (AvgIpc) is 3.73. The number of rotatable bonds is 11. The minimum atomic E-state index is -0.953. The topological polar surface area (TPSA) is 113 Å². The summed E-state index contributed by atoms with van der Waals surface area (Å²) in [4.78, 5) is 39.9. The van der Waals surface area contributed by atoms with Gasteiger partial charge in [0, 0.05) is 74.7 Å². The molecule has 1 N–H and O–H groups in total. The number of aromatic nitrogens is 3. The average molecular weight is 659 g/mol. The summed E-state index contributed by atoms with van der Waals surface area (Å²) in [6.07, 6.45) is 7.41. The van der Waals surface area contributed by atoms with Gasteiger partial charge in [0.05, 0.1) is 23.9 Å². The number of pyridine rings is 1. The molecular formula is C39H42N6O4. The van der Waals surface area contributed by atoms with Gasteiger partial charge in [-0.2, -0.15) is 5.10 Å². The minimum absolute atomic E-state index is 0.0123. The lowest BCUT2D eigenvalue weighted by Crippen LogP contribution is -2.46. The minimum Gasteiger partial charge on any atom is -0.475 e. The van der Waals surface area contributed by atoms with Crippen molar-refractivity contribution in [1.29, 1.82) is 0 Å². The number of hydrogen-bond donors (Lipinski definition) is 1. The number of aromatic amines is 1. The Morgan fingerprint density at radius 3 is 2.47 bits per heavy atom. The molecule has 5 heterocycles. The molecule has 1 atom stereocenters. The van der Waals surface area contributed by atoms with Crippen molar-refractivity contribution in [2.75, 3.05) is 39.8 Å². The number of fused-ring (bicyclic) bond motifs is 1. The number of methoxy groups -OCH3 is 1. The van der Waals surface area contributed by atoms with Crippen LogP contribution >= 0.6 is 0 Å². The van der Waals surface area contributed by atoms with Gasteiger partial charge in [-0.05, 0) is 74.1 Å². The molecule has 1 saturated heterocycles. The summed E-state index contributed by atoms with van der Waals surface area (Å²) in [6.45, 7) is 8.54. The Bertz CT molecular complexity index is 1970. The van der Waals surface area contributed by atoms with Crippen LogP contribution < -0.4 is 4.74 Å². The van der Waals surface area contributed by atoms with Crippen LogP contribution in [0.3, 0.4) is 0 Å². The Morgan fingerprint density at radius 2 is 1.82 bits per heavy atom. The summed E-state index contributed by atoms with van der Waals surface area (Å²) >= 11 is 0. The molecule has 3 aliphatic heterocycles. The van der Waals surface area contributed by atoms with Crippen LogP contribution in [0.25, 0.3) is 27.7 Å². The second kappa shape index (κ2) is 13.5. The van der Waals surface area contributed by atoms with E-state index in [1.807, 2.05) is 55.3 Å². The molecule has 0 saturated carbocycles. The van der Waals surface area contributed by atoms with E-state index in [9.17, 15) is 9.59 Å². The van der Waals surface area contributed by atoms with E-state index < -0.39 is 5.60 Å². The number of carbonyl (C=O) groups excluding carboxylic acids is 2. The van der Waals surface area contributed by atoms with E-state index in [0.717, 1.165) is 45.4 Å². The second-order valence-corrected chi connectivity index (χ2v) is 13.4. The zero-order valence-electron chi connectivity index (χ0n) is 28.5. The van der Waals surface area contributed by atoms with Crippen molar-refractivity contribution < 1.29 is 19.1 Å². The van der Waals surface area contributed by atoms with Crippen LogP contribution in [-0.2, 0) is 20.7 Å². The Kier molecular flexibility index (Phi) is 9.00. The summed E-state index contributed by atoms with van der Waals surface area (Å²) < 4.78 is 11.6. The summed E-state index contributed by atoms with van der Waals surface area (Å²) in [5.41, 5.74) is 8.28. The normalized spacial score (nSPS) is 19.4. The summed E-state index contributed by atoms with van der Waals surface area (Å²) in [5.74, 6) is 0.652. The summed E-state index contributed by atoms with van der Waals surface area (Å²) in [5, 5.41) is 8.54. The molecule has 4 aromatic rings. The Labute approximate surface area is 286 Å². The van der Waals surface area contributed by atoms with Crippen molar-refractivity contribution in [3.63, 3.8) is 0 Å². The molecule has 0 bridgehead atoms. The molecular weight excluding hydrogens is 616 g/mol. The zero-order chi connectivity index (χ0) is 34.1. The number of likely N-dealkylation sites (tertiary alicyclic amines) is 1. The predicted molar refractivity (Wildman–Crippen MR) is 191 cm³/mol. The van der Waals surface area contributed by atoms with Crippen molar-refractivity contribution in [2.24, 2.45) is 4.99 Å². The van der Waals surface area contributed by atoms with Crippen LogP contribution in [0.5, 0.6) is 5.88 Å². The predicted octanol–water partition coefficient (Wildman–Crippen LogP) is 5.64. The number of Topliss-reactive ketones (excluding diaryl/α,β-unsaturated/α-hetero) is 1. The van der Waals surface area contributed by atoms with Gasteiger partial charge in [0.25, 0.3) is 0 Å². The number of nitrogens with one attached hydrogen (secondary N) is 1. The molecule has 1 unspecified atom stereocenters. The van der Waals surface area contributed by atoms with E-state index in [4.69, 9.17) is 9.47 Å². The monoisotopic (exact) mass is 658 g/mol. The van der Waals surface area contributed by atoms with Gasteiger partial charge >= 0.3 is 0 Å². The van der Waals surface area contributed by atoms with Crippen molar-refractivity contribution in [3.05, 3.63) is 95.3 Å². The largest absolute Gasteiger partial charge is 0.475 e. The number of allylic oxidation sites excluding steroid dienone is 1. The van der Waals surface area contributed by atoms with Crippen molar-refractivity contribution in [1.82, 2.24) is 25.0 Å². The van der Waals surface area contributed by atoms with Gasteiger partial charge in [0.1, 0.15) is 11.3 Å². The maximum atomic E-state index is 13.8. The highest BCUT2D eigenvalue weighted by atomic mass is 16.5. The van der Waals surface area contributed by atoms with Crippen molar-refractivity contribution in [2.45, 2.75) is 51.7 Å². The van der Waals surface area contributed by atoms with Crippen LogP contribution in [0.4, 0.5) is 0 Å². The number of hydrogen-bond acceptors (Lipinski definition) is 8. The van der Waals surface area contributed by atoms with Gasteiger partial charge in [-0.15, -0.1) is 0 Å². The number of H-pyrrole nitrogens is 1. The molecule has 0 radical (unpaired) electrons. The lowest BCUT2D eigenvalue weighted by Gasteiger charge is -2.30. The van der Waals surface area contributed by atoms with Gasteiger partial charge in [0.2, 0.25) is 11.8 Å². The second-order valence-electron chi connectivity index (χ2n) is 13.4. The van der Waals surface area contributed by atoms with E-state index >= 15 is 0 Å². The molecule has 0 aliphatic carbocycles. The van der Waals surface area contributed by atoms with E-state index in [2.05, 4.69) is 62.3 Å². The molecule has 49 heavy (non-hydrogen) atoms. The zero-order valence-corrected chi connectivity index (χ0v) is 28.5. The Balaban J connectivity index is 0.956. The number of ether oxygens (including phenoxy) is 2. The first-order chi connectivity index (χ1) is 23.7. The first kappa shape index (κ1) is 32.6. The van der Waals surface area contributed by atoms with Crippen LogP contribution in [0.15, 0.2) is 83.6 Å². The SMILES string of the molecule is COC1(C(=O)Cc2ccc3[nH]nc(-c4ccc(OC(C)C)nc4)c3c2)CCN(CC(=O)N2CC=C(c3ccc(C4=NC=C4C)cc3)CC2)C1. The third-order valence-electron chi connectivity index (χ3n) is 9.78. The Hall–Kier alpha value is -4.93. The molecule has 1 amide bonds. The molecule has 0 spiro atoms. The summed E-state index contributed by atoms with van der Waals surface area (Å²) in [6, 6.07) is 18.2. The molecule has 252 valence electrons. The Morgan fingerprint density at radius 1 is 1.02 bits per heavy atom. The highest BCUT2D eigenvalue weighted by Gasteiger charge is 2.45. The first-order valence-electron chi connectivity index (χ1n) is 16.9. The maximum absolute atomic E-state index is 13.8. The van der Waals surface area contributed by atoms with Crippen LogP contribution in [-0.4, -0.2) is 93.9 Å². The van der Waals surface area contributed by atoms with Gasteiger partial charge in [-0.3, -0.25) is 24.6 Å². The third-order valence-corrected chi connectivity index (χ3v) is 9.78. The quantitative estimate of drug-likeness (QED) is 0.222. The van der Waals surface area contributed by atoms with Crippen LogP contribution in [0.1, 0.15) is 50.3 Å². The maximum Gasteiger partial charge on any atom is 0.237 e. The smallest absolute Gasteiger partial charge is 0.237 e. The van der Waals surface area contributed by atoms with Gasteiger partial charge in [-0.25, -0.2) is 4.98 Å². The molecule has 7 rings (SSSR count). The fourth-order valence-electron chi connectivity index (χ4n) is 6.92. The number of aliphatic imine (C=N–C) groups is 1. The first-order valence-corrected chi connectivity index (χ1v) is 16.9. The molecule has 2 aromatic carbocycles. The third kappa shape index (κ3) is 6.71. The van der Waals surface area contributed by atoms with E-state index in [1.54, 1.807) is 13.3 Å². The fourth-order valence-corrected chi connectivity index (χ4v) is 6.92. The summed E-state index contributed by atoms with van der Waals surface area (Å²) in [7, 11) is 1.60. The van der Waals surface area contributed by atoms with E-state index in [1.165, 1.54) is 16.7 Å². The molecule has 3 aliphatic rings. The molecule has 10 heteroatoms. The van der Waals surface area contributed by atoms with Gasteiger partial charge in [-0.1, -0.05) is 36.4 Å². The van der Waals surface area contributed by atoms with Crippen LogP contribution in [0.2, 0.25) is 0 Å².